The summed E-state index contributed by atoms with van der Waals surface area (Å²) in [6.07, 6.45) is 2.71. The predicted octanol–water partition coefficient (Wildman–Crippen LogP) is 6.32. The molecule has 1 aromatic heterocycles. The maximum Gasteiger partial charge on any atom is 0.267 e. The van der Waals surface area contributed by atoms with Gasteiger partial charge < -0.3 is 24.1 Å². The molecule has 7 heteroatoms. The average Bonchev–Trinajstić information content (AvgIpc) is 3.30. The summed E-state index contributed by atoms with van der Waals surface area (Å²) < 4.78 is 32.8. The minimum atomic E-state index is -0.310. The van der Waals surface area contributed by atoms with Crippen LogP contribution in [0.15, 0.2) is 78.4 Å². The SMILES string of the molecule is COc1ccc(CCNC(=O)c2cc3c(OCc4ccccc4F)cccc3n2CC=C(C)C)cc1OC. The van der Waals surface area contributed by atoms with Crippen molar-refractivity contribution in [1.82, 2.24) is 9.88 Å². The van der Waals surface area contributed by atoms with Crippen molar-refractivity contribution in [2.45, 2.75) is 33.4 Å². The molecule has 6 nitrogen and oxygen atoms in total. The number of aromatic nitrogens is 1. The molecule has 1 amide bonds. The molecular formula is C31H33FN2O4. The number of ether oxygens (including phenoxy) is 3. The minimum absolute atomic E-state index is 0.0950. The highest BCUT2D eigenvalue weighted by molar-refractivity contribution is 6.00. The maximum atomic E-state index is 14.1. The third-order valence-corrected chi connectivity index (χ3v) is 6.31. The lowest BCUT2D eigenvalue weighted by Gasteiger charge is -2.12. The van der Waals surface area contributed by atoms with Crippen LogP contribution in [-0.4, -0.2) is 31.2 Å². The standard InChI is InChI=1S/C31H33FN2O4/c1-21(2)15-17-34-26-10-7-11-28(38-20-23-8-5-6-9-25(23)32)24(26)19-27(34)31(35)33-16-14-22-12-13-29(36-3)30(18-22)37-4/h5-13,15,18-19H,14,16-17,20H2,1-4H3,(H,33,35). The maximum absolute atomic E-state index is 14.1. The number of methoxy groups -OCH3 is 2. The van der Waals surface area contributed by atoms with Gasteiger partial charge in [-0.05, 0) is 62.2 Å². The molecule has 0 radical (unpaired) electrons. The number of carbonyl (C=O) groups is 1. The number of amides is 1. The van der Waals surface area contributed by atoms with Gasteiger partial charge in [0.05, 0.1) is 19.7 Å². The van der Waals surface area contributed by atoms with E-state index in [0.29, 0.717) is 48.0 Å². The molecule has 0 fully saturated rings. The summed E-state index contributed by atoms with van der Waals surface area (Å²) >= 11 is 0. The molecule has 0 aliphatic heterocycles. The molecule has 0 spiro atoms. The zero-order chi connectivity index (χ0) is 27.1. The largest absolute Gasteiger partial charge is 0.493 e. The zero-order valence-electron chi connectivity index (χ0n) is 22.2. The van der Waals surface area contributed by atoms with Gasteiger partial charge in [-0.25, -0.2) is 4.39 Å². The Morgan fingerprint density at radius 3 is 2.47 bits per heavy atom. The highest BCUT2D eigenvalue weighted by Crippen LogP contribution is 2.31. The number of benzene rings is 3. The van der Waals surface area contributed by atoms with Crippen LogP contribution >= 0.6 is 0 Å². The van der Waals surface area contributed by atoms with E-state index in [1.54, 1.807) is 32.4 Å². The van der Waals surface area contributed by atoms with Gasteiger partial charge in [0.2, 0.25) is 0 Å². The molecule has 1 heterocycles. The number of nitrogens with one attached hydrogen (secondary N) is 1. The number of allylic oxidation sites excluding steroid dienone is 2. The van der Waals surface area contributed by atoms with Crippen LogP contribution in [0.5, 0.6) is 17.2 Å². The molecule has 1 N–H and O–H groups in total. The Hall–Kier alpha value is -4.26. The van der Waals surface area contributed by atoms with Crippen LogP contribution in [0.25, 0.3) is 10.9 Å². The van der Waals surface area contributed by atoms with Crippen LogP contribution in [0.3, 0.4) is 0 Å². The van der Waals surface area contributed by atoms with E-state index in [-0.39, 0.29) is 18.3 Å². The normalized spacial score (nSPS) is 10.8. The summed E-state index contributed by atoms with van der Waals surface area (Å²) in [7, 11) is 3.20. The molecule has 0 aliphatic rings. The first-order valence-electron chi connectivity index (χ1n) is 12.5. The molecule has 0 unspecified atom stereocenters. The van der Waals surface area contributed by atoms with Crippen molar-refractivity contribution >= 4 is 16.8 Å². The van der Waals surface area contributed by atoms with Gasteiger partial charge in [-0.2, -0.15) is 0 Å². The van der Waals surface area contributed by atoms with Crippen molar-refractivity contribution in [3.63, 3.8) is 0 Å². The van der Waals surface area contributed by atoms with E-state index >= 15 is 0 Å². The van der Waals surface area contributed by atoms with E-state index in [2.05, 4.69) is 11.4 Å². The van der Waals surface area contributed by atoms with Crippen molar-refractivity contribution in [3.05, 3.63) is 101 Å². The Morgan fingerprint density at radius 1 is 0.947 bits per heavy atom. The monoisotopic (exact) mass is 516 g/mol. The smallest absolute Gasteiger partial charge is 0.267 e. The Kier molecular flexibility index (Phi) is 8.69. The molecule has 4 rings (SSSR count). The van der Waals surface area contributed by atoms with Crippen LogP contribution in [-0.2, 0) is 19.6 Å². The number of halogens is 1. The highest BCUT2D eigenvalue weighted by atomic mass is 19.1. The van der Waals surface area contributed by atoms with Crippen molar-refractivity contribution in [2.24, 2.45) is 0 Å². The van der Waals surface area contributed by atoms with E-state index in [4.69, 9.17) is 14.2 Å². The fourth-order valence-electron chi connectivity index (χ4n) is 4.26. The van der Waals surface area contributed by atoms with Gasteiger partial charge >= 0.3 is 0 Å². The molecule has 0 bridgehead atoms. The molecule has 4 aromatic rings. The number of hydrogen-bond donors (Lipinski definition) is 1. The highest BCUT2D eigenvalue weighted by Gasteiger charge is 2.18. The second kappa shape index (κ2) is 12.3. The third-order valence-electron chi connectivity index (χ3n) is 6.31. The molecule has 198 valence electrons. The van der Waals surface area contributed by atoms with Crippen LogP contribution in [0.1, 0.15) is 35.5 Å². The second-order valence-electron chi connectivity index (χ2n) is 9.19. The Balaban J connectivity index is 1.56. The molecule has 3 aromatic carbocycles. The first-order chi connectivity index (χ1) is 18.4. The van der Waals surface area contributed by atoms with E-state index in [9.17, 15) is 9.18 Å². The van der Waals surface area contributed by atoms with Gasteiger partial charge in [0.15, 0.2) is 11.5 Å². The number of rotatable bonds is 11. The van der Waals surface area contributed by atoms with Crippen molar-refractivity contribution in [2.75, 3.05) is 20.8 Å². The van der Waals surface area contributed by atoms with Crippen LogP contribution in [0, 0.1) is 5.82 Å². The fourth-order valence-corrected chi connectivity index (χ4v) is 4.26. The van der Waals surface area contributed by atoms with Gasteiger partial charge in [-0.15, -0.1) is 0 Å². The van der Waals surface area contributed by atoms with Crippen LogP contribution in [0.2, 0.25) is 0 Å². The Bertz CT molecular complexity index is 1450. The molecular weight excluding hydrogens is 483 g/mol. The van der Waals surface area contributed by atoms with Gasteiger partial charge in [0, 0.05) is 24.0 Å². The second-order valence-corrected chi connectivity index (χ2v) is 9.19. The Morgan fingerprint density at radius 2 is 1.74 bits per heavy atom. The zero-order valence-corrected chi connectivity index (χ0v) is 22.2. The lowest BCUT2D eigenvalue weighted by molar-refractivity contribution is 0.0946. The van der Waals surface area contributed by atoms with Crippen molar-refractivity contribution in [3.8, 4) is 17.2 Å². The van der Waals surface area contributed by atoms with Crippen LogP contribution in [0.4, 0.5) is 4.39 Å². The van der Waals surface area contributed by atoms with Gasteiger partial charge in [0.1, 0.15) is 23.9 Å². The Labute approximate surface area is 222 Å². The molecule has 0 aliphatic carbocycles. The third kappa shape index (κ3) is 6.17. The number of carbonyl (C=O) groups excluding carboxylic acids is 1. The predicted molar refractivity (Wildman–Crippen MR) is 148 cm³/mol. The lowest BCUT2D eigenvalue weighted by Crippen LogP contribution is -2.27. The summed E-state index contributed by atoms with van der Waals surface area (Å²) in [6, 6.07) is 19.8. The van der Waals surface area contributed by atoms with Crippen molar-refractivity contribution < 1.29 is 23.4 Å². The summed E-state index contributed by atoms with van der Waals surface area (Å²) in [5, 5.41) is 3.85. The summed E-state index contributed by atoms with van der Waals surface area (Å²) in [5.74, 6) is 1.43. The molecule has 0 atom stereocenters. The number of nitrogens with zero attached hydrogens (tertiary/aromatic N) is 1. The lowest BCUT2D eigenvalue weighted by atomic mass is 10.1. The average molecular weight is 517 g/mol. The number of hydrogen-bond acceptors (Lipinski definition) is 4. The molecule has 0 saturated carbocycles. The quantitative estimate of drug-likeness (QED) is 0.237. The van der Waals surface area contributed by atoms with E-state index in [0.717, 1.165) is 22.0 Å². The van der Waals surface area contributed by atoms with Crippen molar-refractivity contribution in [1.29, 1.82) is 0 Å². The topological polar surface area (TPSA) is 61.7 Å². The summed E-state index contributed by atoms with van der Waals surface area (Å²) in [6.45, 7) is 5.14. The van der Waals surface area contributed by atoms with Gasteiger partial charge in [-0.1, -0.05) is 42.0 Å². The fraction of sp³-hybridized carbons (Fsp3) is 0.258. The molecule has 38 heavy (non-hydrogen) atoms. The molecule has 0 saturated heterocycles. The minimum Gasteiger partial charge on any atom is -0.493 e. The van der Waals surface area contributed by atoms with Crippen LogP contribution < -0.4 is 19.5 Å². The van der Waals surface area contributed by atoms with Gasteiger partial charge in [-0.3, -0.25) is 4.79 Å². The number of fused-ring (bicyclic) bond motifs is 1. The first kappa shape index (κ1) is 26.8. The van der Waals surface area contributed by atoms with E-state index in [1.807, 2.05) is 60.9 Å². The summed E-state index contributed by atoms with van der Waals surface area (Å²) in [4.78, 5) is 13.3. The first-order valence-corrected chi connectivity index (χ1v) is 12.5. The summed E-state index contributed by atoms with van der Waals surface area (Å²) in [5.41, 5.74) is 4.06. The van der Waals surface area contributed by atoms with Gasteiger partial charge in [0.25, 0.3) is 5.91 Å². The van der Waals surface area contributed by atoms with E-state index < -0.39 is 0 Å². The van der Waals surface area contributed by atoms with E-state index in [1.165, 1.54) is 6.07 Å².